The molecule has 6 heteroatoms. The monoisotopic (exact) mass is 251 g/mol. The standard InChI is InChI=1S/C6H9Cl4NO/c1-2-3-4(12)11-5(7)6(8,9)10/h5H,2-3H2,1H3,(H,11,12). The van der Waals surface area contributed by atoms with E-state index in [1.54, 1.807) is 0 Å². The van der Waals surface area contributed by atoms with E-state index in [2.05, 4.69) is 5.32 Å². The molecular formula is C6H9Cl4NO. The van der Waals surface area contributed by atoms with Gasteiger partial charge in [0.05, 0.1) is 0 Å². The molecule has 1 N–H and O–H groups in total. The van der Waals surface area contributed by atoms with Gasteiger partial charge in [0.15, 0.2) is 5.50 Å². The summed E-state index contributed by atoms with van der Waals surface area (Å²) in [6.45, 7) is 1.87. The van der Waals surface area contributed by atoms with Gasteiger partial charge in [-0.3, -0.25) is 4.79 Å². The molecule has 0 saturated carbocycles. The summed E-state index contributed by atoms with van der Waals surface area (Å²) in [6, 6.07) is 0. The van der Waals surface area contributed by atoms with Crippen LogP contribution >= 0.6 is 46.4 Å². The zero-order valence-corrected chi connectivity index (χ0v) is 9.44. The molecule has 1 atom stereocenters. The van der Waals surface area contributed by atoms with Crippen molar-refractivity contribution in [3.05, 3.63) is 0 Å². The van der Waals surface area contributed by atoms with Gasteiger partial charge in [-0.2, -0.15) is 0 Å². The smallest absolute Gasteiger partial charge is 0.224 e. The zero-order chi connectivity index (χ0) is 9.78. The second-order valence-electron chi connectivity index (χ2n) is 2.22. The van der Waals surface area contributed by atoms with Crippen molar-refractivity contribution in [2.45, 2.75) is 29.1 Å². The Kier molecular flexibility index (Phi) is 5.66. The van der Waals surface area contributed by atoms with Crippen LogP contribution in [0.5, 0.6) is 0 Å². The first-order valence-electron chi connectivity index (χ1n) is 3.38. The number of carbonyl (C=O) groups excluding carboxylic acids is 1. The first kappa shape index (κ1) is 12.6. The van der Waals surface area contributed by atoms with Gasteiger partial charge in [0.25, 0.3) is 0 Å². The second kappa shape index (κ2) is 5.38. The summed E-state index contributed by atoms with van der Waals surface area (Å²) in [4.78, 5) is 10.9. The number of nitrogens with one attached hydrogen (secondary N) is 1. The summed E-state index contributed by atoms with van der Waals surface area (Å²) in [5.41, 5.74) is -0.985. The number of halogens is 4. The Morgan fingerprint density at radius 3 is 2.33 bits per heavy atom. The van der Waals surface area contributed by atoms with Gasteiger partial charge in [-0.25, -0.2) is 0 Å². The zero-order valence-electron chi connectivity index (χ0n) is 6.41. The van der Waals surface area contributed by atoms with Gasteiger partial charge in [-0.15, -0.1) is 0 Å². The summed E-state index contributed by atoms with van der Waals surface area (Å²) in [5.74, 6) is -0.219. The third-order valence-corrected chi connectivity index (χ3v) is 2.48. The summed E-state index contributed by atoms with van der Waals surface area (Å²) >= 11 is 21.8. The number of hydrogen-bond acceptors (Lipinski definition) is 1. The molecule has 0 fully saturated rings. The molecule has 0 aliphatic carbocycles. The molecule has 72 valence electrons. The molecule has 0 aliphatic heterocycles. The molecule has 0 spiro atoms. The van der Waals surface area contributed by atoms with Crippen LogP contribution in [0.2, 0.25) is 0 Å². The lowest BCUT2D eigenvalue weighted by atomic mass is 10.3. The van der Waals surface area contributed by atoms with Crippen molar-refractivity contribution in [2.24, 2.45) is 0 Å². The molecule has 0 saturated heterocycles. The van der Waals surface area contributed by atoms with E-state index in [4.69, 9.17) is 46.4 Å². The molecule has 2 nitrogen and oxygen atoms in total. The predicted molar refractivity (Wildman–Crippen MR) is 53.0 cm³/mol. The average Bonchev–Trinajstić information content (AvgIpc) is 1.85. The summed E-state index contributed by atoms with van der Waals surface area (Å²) in [5, 5.41) is 2.35. The fourth-order valence-corrected chi connectivity index (χ4v) is 0.808. The van der Waals surface area contributed by atoms with Crippen LogP contribution in [-0.2, 0) is 4.79 Å². The van der Waals surface area contributed by atoms with E-state index in [9.17, 15) is 4.79 Å². The molecule has 12 heavy (non-hydrogen) atoms. The highest BCUT2D eigenvalue weighted by atomic mass is 35.6. The number of rotatable bonds is 3. The fraction of sp³-hybridized carbons (Fsp3) is 0.833. The first-order chi connectivity index (χ1) is 5.38. The van der Waals surface area contributed by atoms with Gasteiger partial charge < -0.3 is 5.32 Å². The molecule has 0 radical (unpaired) electrons. The van der Waals surface area contributed by atoms with Crippen molar-refractivity contribution in [2.75, 3.05) is 0 Å². The maximum atomic E-state index is 10.9. The third-order valence-electron chi connectivity index (χ3n) is 1.05. The van der Waals surface area contributed by atoms with Gasteiger partial charge in [0, 0.05) is 6.42 Å². The van der Waals surface area contributed by atoms with Gasteiger partial charge in [-0.1, -0.05) is 53.3 Å². The first-order valence-corrected chi connectivity index (χ1v) is 4.95. The van der Waals surface area contributed by atoms with Crippen LogP contribution in [0.25, 0.3) is 0 Å². The van der Waals surface area contributed by atoms with Crippen molar-refractivity contribution in [3.8, 4) is 0 Å². The van der Waals surface area contributed by atoms with Crippen molar-refractivity contribution in [1.29, 1.82) is 0 Å². The van der Waals surface area contributed by atoms with Crippen molar-refractivity contribution in [3.63, 3.8) is 0 Å². The van der Waals surface area contributed by atoms with Crippen LogP contribution in [0, 0.1) is 0 Å². The number of alkyl halides is 4. The number of amides is 1. The molecule has 0 aromatic carbocycles. The largest absolute Gasteiger partial charge is 0.336 e. The maximum absolute atomic E-state index is 10.9. The van der Waals surface area contributed by atoms with Crippen molar-refractivity contribution in [1.82, 2.24) is 5.32 Å². The number of hydrogen-bond donors (Lipinski definition) is 1. The molecule has 1 unspecified atom stereocenters. The van der Waals surface area contributed by atoms with E-state index >= 15 is 0 Å². The Labute approximate surface area is 91.5 Å². The van der Waals surface area contributed by atoms with Crippen LogP contribution < -0.4 is 5.32 Å². The Bertz CT molecular complexity index is 156. The van der Waals surface area contributed by atoms with E-state index in [0.29, 0.717) is 6.42 Å². The second-order valence-corrected chi connectivity index (χ2v) is 5.03. The highest BCUT2D eigenvalue weighted by molar-refractivity contribution is 6.70. The van der Waals surface area contributed by atoms with Crippen LogP contribution in [0.1, 0.15) is 19.8 Å². The normalized spacial score (nSPS) is 14.1. The van der Waals surface area contributed by atoms with Gasteiger partial charge in [0.1, 0.15) is 0 Å². The Morgan fingerprint density at radius 1 is 1.50 bits per heavy atom. The molecule has 0 aromatic rings. The van der Waals surface area contributed by atoms with E-state index in [-0.39, 0.29) is 5.91 Å². The summed E-state index contributed by atoms with van der Waals surface area (Å²) in [6.07, 6.45) is 1.11. The molecule has 0 rings (SSSR count). The summed E-state index contributed by atoms with van der Waals surface area (Å²) in [7, 11) is 0. The topological polar surface area (TPSA) is 29.1 Å². The highest BCUT2D eigenvalue weighted by Crippen LogP contribution is 2.32. The van der Waals surface area contributed by atoms with Crippen LogP contribution in [0.15, 0.2) is 0 Å². The molecule has 0 aromatic heterocycles. The van der Waals surface area contributed by atoms with Crippen LogP contribution in [0.4, 0.5) is 0 Å². The molecule has 0 bridgehead atoms. The third kappa shape index (κ3) is 5.31. The molecule has 1 amide bonds. The predicted octanol–water partition coefficient (Wildman–Crippen LogP) is 2.84. The van der Waals surface area contributed by atoms with Crippen molar-refractivity contribution >= 4 is 52.3 Å². The SMILES string of the molecule is CCCC(=O)NC(Cl)C(Cl)(Cl)Cl. The molecular weight excluding hydrogens is 244 g/mol. The molecule has 0 heterocycles. The van der Waals surface area contributed by atoms with E-state index in [1.165, 1.54) is 0 Å². The van der Waals surface area contributed by atoms with Gasteiger partial charge in [0.2, 0.25) is 9.70 Å². The van der Waals surface area contributed by atoms with Crippen LogP contribution in [-0.4, -0.2) is 15.2 Å². The Hall–Kier alpha value is 0.630. The Morgan fingerprint density at radius 2 is 2.00 bits per heavy atom. The Balaban J connectivity index is 3.84. The lowest BCUT2D eigenvalue weighted by Gasteiger charge is -2.18. The quantitative estimate of drug-likeness (QED) is 0.608. The van der Waals surface area contributed by atoms with E-state index in [1.807, 2.05) is 6.92 Å². The van der Waals surface area contributed by atoms with E-state index in [0.717, 1.165) is 6.42 Å². The van der Waals surface area contributed by atoms with Gasteiger partial charge in [-0.05, 0) is 6.42 Å². The minimum absolute atomic E-state index is 0.219. The fourth-order valence-electron chi connectivity index (χ4n) is 0.522. The molecule has 0 aliphatic rings. The van der Waals surface area contributed by atoms with Crippen LogP contribution in [0.3, 0.4) is 0 Å². The lowest BCUT2D eigenvalue weighted by Crippen LogP contribution is -2.39. The summed E-state index contributed by atoms with van der Waals surface area (Å²) < 4.78 is -1.66. The number of carbonyl (C=O) groups is 1. The maximum Gasteiger partial charge on any atom is 0.224 e. The lowest BCUT2D eigenvalue weighted by molar-refractivity contribution is -0.121. The minimum Gasteiger partial charge on any atom is -0.336 e. The van der Waals surface area contributed by atoms with E-state index < -0.39 is 9.29 Å². The van der Waals surface area contributed by atoms with Gasteiger partial charge >= 0.3 is 0 Å². The highest BCUT2D eigenvalue weighted by Gasteiger charge is 2.31. The minimum atomic E-state index is -1.66. The average molecular weight is 253 g/mol. The van der Waals surface area contributed by atoms with Crippen molar-refractivity contribution < 1.29 is 4.79 Å².